The smallest absolute Gasteiger partial charge is 0.247 e. The normalized spacial score (nSPS) is 34.5. The first-order valence-electron chi connectivity index (χ1n) is 8.44. The van der Waals surface area contributed by atoms with Gasteiger partial charge in [0.1, 0.15) is 5.54 Å². The van der Waals surface area contributed by atoms with Crippen molar-refractivity contribution in [2.24, 2.45) is 0 Å². The summed E-state index contributed by atoms with van der Waals surface area (Å²) in [5, 5.41) is 6.62. The van der Waals surface area contributed by atoms with Crippen LogP contribution >= 0.6 is 11.8 Å². The molecule has 1 heterocycles. The summed E-state index contributed by atoms with van der Waals surface area (Å²) in [6.45, 7) is 0. The van der Waals surface area contributed by atoms with Crippen molar-refractivity contribution in [2.45, 2.75) is 81.0 Å². The molecule has 3 aliphatic rings. The molecule has 0 aromatic carbocycles. The fourth-order valence-electron chi connectivity index (χ4n) is 3.99. The number of carbonyl (C=O) groups is 2. The predicted molar refractivity (Wildman–Crippen MR) is 85.2 cm³/mol. The summed E-state index contributed by atoms with van der Waals surface area (Å²) in [6, 6.07) is 0.313. The molecule has 21 heavy (non-hydrogen) atoms. The molecule has 0 spiro atoms. The van der Waals surface area contributed by atoms with Crippen molar-refractivity contribution >= 4 is 23.6 Å². The van der Waals surface area contributed by atoms with Crippen molar-refractivity contribution in [3.05, 3.63) is 0 Å². The van der Waals surface area contributed by atoms with Crippen LogP contribution in [0, 0.1) is 0 Å². The van der Waals surface area contributed by atoms with Crippen molar-refractivity contribution in [3.63, 3.8) is 0 Å². The molecule has 0 bridgehead atoms. The van der Waals surface area contributed by atoms with Crippen LogP contribution in [0.25, 0.3) is 0 Å². The van der Waals surface area contributed by atoms with E-state index in [-0.39, 0.29) is 17.1 Å². The fraction of sp³-hybridized carbons (Fsp3) is 0.875. The van der Waals surface area contributed by atoms with E-state index < -0.39 is 5.54 Å². The number of thioether (sulfide) groups is 1. The highest BCUT2D eigenvalue weighted by Crippen LogP contribution is 2.39. The SMILES string of the molecule is O=C1CCSC2CCCCC2(C(=O)NC2CCCCC2)N1. The molecule has 0 radical (unpaired) electrons. The van der Waals surface area contributed by atoms with Crippen LogP contribution in [0.1, 0.15) is 64.2 Å². The van der Waals surface area contributed by atoms with Crippen molar-refractivity contribution in [1.29, 1.82) is 0 Å². The number of nitrogens with one attached hydrogen (secondary N) is 2. The molecule has 2 atom stereocenters. The minimum atomic E-state index is -0.645. The maximum absolute atomic E-state index is 13.0. The quantitative estimate of drug-likeness (QED) is 0.823. The van der Waals surface area contributed by atoms with E-state index in [0.29, 0.717) is 12.5 Å². The highest BCUT2D eigenvalue weighted by molar-refractivity contribution is 8.00. The molecule has 2 unspecified atom stereocenters. The number of carbonyl (C=O) groups excluding carboxylic acids is 2. The third-order valence-corrected chi connectivity index (χ3v) is 6.67. The summed E-state index contributed by atoms with van der Waals surface area (Å²) in [4.78, 5) is 25.0. The van der Waals surface area contributed by atoms with Crippen LogP contribution in [0.5, 0.6) is 0 Å². The zero-order chi connectivity index (χ0) is 14.7. The van der Waals surface area contributed by atoms with Crippen molar-refractivity contribution in [2.75, 3.05) is 5.75 Å². The van der Waals surface area contributed by atoms with Gasteiger partial charge >= 0.3 is 0 Å². The second-order valence-corrected chi connectivity index (χ2v) is 7.99. The fourth-order valence-corrected chi connectivity index (χ4v) is 5.48. The lowest BCUT2D eigenvalue weighted by molar-refractivity contribution is -0.135. The molecule has 5 heteroatoms. The van der Waals surface area contributed by atoms with Gasteiger partial charge in [-0.1, -0.05) is 32.1 Å². The lowest BCUT2D eigenvalue weighted by Crippen LogP contribution is -2.65. The maximum Gasteiger partial charge on any atom is 0.247 e. The molecular formula is C16H26N2O2S. The average Bonchev–Trinajstić information content (AvgIpc) is 2.67. The van der Waals surface area contributed by atoms with Gasteiger partial charge < -0.3 is 10.6 Å². The van der Waals surface area contributed by atoms with Crippen LogP contribution in [-0.4, -0.2) is 34.4 Å². The first kappa shape index (κ1) is 15.2. The molecule has 1 saturated heterocycles. The highest BCUT2D eigenvalue weighted by atomic mass is 32.2. The first-order valence-corrected chi connectivity index (χ1v) is 9.49. The molecule has 1 aliphatic heterocycles. The Labute approximate surface area is 131 Å². The second-order valence-electron chi connectivity index (χ2n) is 6.68. The van der Waals surface area contributed by atoms with E-state index in [0.717, 1.165) is 37.9 Å². The number of rotatable bonds is 2. The lowest BCUT2D eigenvalue weighted by atomic mass is 9.79. The standard InChI is InChI=1S/C16H26N2O2S/c19-14-9-11-21-13-8-4-5-10-16(13,18-14)15(20)17-12-6-2-1-3-7-12/h12-13H,1-11H2,(H,17,20)(H,18,19). The zero-order valence-corrected chi connectivity index (χ0v) is 13.5. The Morgan fingerprint density at radius 1 is 1.14 bits per heavy atom. The molecule has 2 amide bonds. The Bertz CT molecular complexity index is 409. The van der Waals surface area contributed by atoms with Crippen LogP contribution in [0.3, 0.4) is 0 Å². The Kier molecular flexibility index (Phi) is 4.77. The molecular weight excluding hydrogens is 284 g/mol. The van der Waals surface area contributed by atoms with Crippen LogP contribution in [0.2, 0.25) is 0 Å². The molecule has 2 saturated carbocycles. The molecule has 118 valence electrons. The molecule has 0 aromatic heterocycles. The van der Waals surface area contributed by atoms with Crippen molar-refractivity contribution < 1.29 is 9.59 Å². The maximum atomic E-state index is 13.0. The summed E-state index contributed by atoms with van der Waals surface area (Å²) in [6.07, 6.45) is 10.5. The van der Waals surface area contributed by atoms with Gasteiger partial charge in [0.2, 0.25) is 11.8 Å². The van der Waals surface area contributed by atoms with Crippen molar-refractivity contribution in [3.8, 4) is 0 Å². The molecule has 2 aliphatic carbocycles. The number of fused-ring (bicyclic) bond motifs is 1. The van der Waals surface area contributed by atoms with Gasteiger partial charge in [-0.3, -0.25) is 9.59 Å². The first-order chi connectivity index (χ1) is 10.2. The largest absolute Gasteiger partial charge is 0.351 e. The van der Waals surface area contributed by atoms with Gasteiger partial charge in [0.05, 0.1) is 0 Å². The molecule has 0 aromatic rings. The number of hydrogen-bond donors (Lipinski definition) is 2. The van der Waals surface area contributed by atoms with E-state index in [1.54, 1.807) is 0 Å². The zero-order valence-electron chi connectivity index (χ0n) is 12.7. The molecule has 2 N–H and O–H groups in total. The number of amides is 2. The third kappa shape index (κ3) is 3.22. The van der Waals surface area contributed by atoms with E-state index in [1.165, 1.54) is 25.7 Å². The van der Waals surface area contributed by atoms with E-state index in [9.17, 15) is 9.59 Å². The minimum absolute atomic E-state index is 0.0469. The Morgan fingerprint density at radius 2 is 1.90 bits per heavy atom. The second kappa shape index (κ2) is 6.59. The molecule has 3 rings (SSSR count). The Balaban J connectivity index is 1.76. The van der Waals surface area contributed by atoms with Crippen LogP contribution < -0.4 is 10.6 Å². The van der Waals surface area contributed by atoms with Gasteiger partial charge in [0.15, 0.2) is 0 Å². The Hall–Kier alpha value is -0.710. The summed E-state index contributed by atoms with van der Waals surface area (Å²) < 4.78 is 0. The topological polar surface area (TPSA) is 58.2 Å². The average molecular weight is 310 g/mol. The Morgan fingerprint density at radius 3 is 2.71 bits per heavy atom. The summed E-state index contributed by atoms with van der Waals surface area (Å²) >= 11 is 1.82. The summed E-state index contributed by atoms with van der Waals surface area (Å²) in [5.74, 6) is 0.974. The van der Waals surface area contributed by atoms with Crippen LogP contribution in [0.15, 0.2) is 0 Å². The number of hydrogen-bond acceptors (Lipinski definition) is 3. The van der Waals surface area contributed by atoms with Crippen LogP contribution in [0.4, 0.5) is 0 Å². The minimum Gasteiger partial charge on any atom is -0.351 e. The van der Waals surface area contributed by atoms with Gasteiger partial charge in [0, 0.05) is 23.5 Å². The molecule has 3 fully saturated rings. The predicted octanol–water partition coefficient (Wildman–Crippen LogP) is 2.37. The summed E-state index contributed by atoms with van der Waals surface area (Å²) in [5.41, 5.74) is -0.645. The van der Waals surface area contributed by atoms with E-state index >= 15 is 0 Å². The van der Waals surface area contributed by atoms with Crippen LogP contribution in [-0.2, 0) is 9.59 Å². The van der Waals surface area contributed by atoms with Gasteiger partial charge in [-0.25, -0.2) is 0 Å². The van der Waals surface area contributed by atoms with Gasteiger partial charge in [-0.05, 0) is 25.7 Å². The van der Waals surface area contributed by atoms with Gasteiger partial charge in [-0.15, -0.1) is 0 Å². The third-order valence-electron chi connectivity index (χ3n) is 5.19. The van der Waals surface area contributed by atoms with E-state index in [2.05, 4.69) is 10.6 Å². The molecule has 4 nitrogen and oxygen atoms in total. The van der Waals surface area contributed by atoms with Gasteiger partial charge in [0.25, 0.3) is 0 Å². The highest BCUT2D eigenvalue weighted by Gasteiger charge is 2.49. The monoisotopic (exact) mass is 310 g/mol. The lowest BCUT2D eigenvalue weighted by Gasteiger charge is -2.42. The van der Waals surface area contributed by atoms with Crippen molar-refractivity contribution in [1.82, 2.24) is 10.6 Å². The van der Waals surface area contributed by atoms with E-state index in [1.807, 2.05) is 11.8 Å². The van der Waals surface area contributed by atoms with Gasteiger partial charge in [-0.2, -0.15) is 11.8 Å². The van der Waals surface area contributed by atoms with E-state index in [4.69, 9.17) is 0 Å². The summed E-state index contributed by atoms with van der Waals surface area (Å²) in [7, 11) is 0.